The molecule has 0 bridgehead atoms. The number of hydrogen-bond acceptors (Lipinski definition) is 4. The predicted molar refractivity (Wildman–Crippen MR) is 150 cm³/mol. The fourth-order valence-electron chi connectivity index (χ4n) is 4.69. The van der Waals surface area contributed by atoms with Crippen LogP contribution < -0.4 is 51.4 Å². The molecule has 0 rings (SSSR count). The second kappa shape index (κ2) is 30.8. The summed E-state index contributed by atoms with van der Waals surface area (Å²) in [5, 5.41) is 0. The van der Waals surface area contributed by atoms with Crippen molar-refractivity contribution in [3.63, 3.8) is 0 Å². The zero-order valence-electron chi connectivity index (χ0n) is 24.5. The topological polar surface area (TPSA) is 66.4 Å². The Hall–Kier alpha value is 1.25. The Kier molecular flexibility index (Phi) is 33.7. The van der Waals surface area contributed by atoms with Gasteiger partial charge in [0, 0.05) is 5.92 Å². The maximum absolute atomic E-state index is 10.9. The molecule has 0 saturated heterocycles. The normalized spacial score (nSPS) is 12.8. The summed E-state index contributed by atoms with van der Waals surface area (Å²) in [6.45, 7) is 4.50. The van der Waals surface area contributed by atoms with E-state index < -0.39 is 10.4 Å². The van der Waals surface area contributed by atoms with Gasteiger partial charge in [0.2, 0.25) is 10.4 Å². The van der Waals surface area contributed by atoms with E-state index in [1.165, 1.54) is 135 Å². The second-order valence-electron chi connectivity index (χ2n) is 10.5. The molecule has 0 amide bonds. The molecule has 1 atom stereocenters. The molecule has 1 unspecified atom stereocenters. The molecule has 0 saturated carbocycles. The van der Waals surface area contributed by atoms with Gasteiger partial charge in [0.05, 0.1) is 6.61 Å². The Morgan fingerprint density at radius 3 is 1.36 bits per heavy atom. The Labute approximate surface area is 269 Å². The Bertz CT molecular complexity index is 551. The molecule has 0 aliphatic rings. The molecule has 0 radical (unpaired) electrons. The molecule has 36 heavy (non-hydrogen) atoms. The molecule has 0 heterocycles. The largest absolute Gasteiger partial charge is 1.00 e. The van der Waals surface area contributed by atoms with Crippen molar-refractivity contribution in [3.8, 4) is 0 Å². The summed E-state index contributed by atoms with van der Waals surface area (Å²) >= 11 is 0. The summed E-state index contributed by atoms with van der Waals surface area (Å²) in [5.74, 6) is 0.0188. The molecular formula is C30H59KO4S. The van der Waals surface area contributed by atoms with E-state index in [9.17, 15) is 13.0 Å². The third-order valence-electron chi connectivity index (χ3n) is 6.99. The van der Waals surface area contributed by atoms with E-state index in [0.717, 1.165) is 19.3 Å². The molecule has 0 fully saturated rings. The van der Waals surface area contributed by atoms with Crippen molar-refractivity contribution in [1.29, 1.82) is 0 Å². The van der Waals surface area contributed by atoms with Gasteiger partial charge in [-0.15, -0.1) is 0 Å². The van der Waals surface area contributed by atoms with Crippen LogP contribution in [0, 0.1) is 5.92 Å². The van der Waals surface area contributed by atoms with E-state index >= 15 is 0 Å². The van der Waals surface area contributed by atoms with Gasteiger partial charge in [-0.3, -0.25) is 4.18 Å². The van der Waals surface area contributed by atoms with Crippen molar-refractivity contribution < 1.29 is 68.5 Å². The van der Waals surface area contributed by atoms with E-state index in [2.05, 4.69) is 30.2 Å². The van der Waals surface area contributed by atoms with Crippen molar-refractivity contribution in [2.45, 2.75) is 168 Å². The monoisotopic (exact) mass is 554 g/mol. The molecule has 0 aromatic carbocycles. The first-order chi connectivity index (χ1) is 17.0. The summed E-state index contributed by atoms with van der Waals surface area (Å²) in [6.07, 6.45) is 35.2. The molecular weight excluding hydrogens is 495 g/mol. The maximum Gasteiger partial charge on any atom is 1.00 e. The summed E-state index contributed by atoms with van der Waals surface area (Å²) in [4.78, 5) is 0. The van der Waals surface area contributed by atoms with Crippen molar-refractivity contribution in [3.05, 3.63) is 12.2 Å². The fraction of sp³-hybridized carbons (Fsp3) is 0.933. The van der Waals surface area contributed by atoms with Crippen molar-refractivity contribution in [2.75, 3.05) is 6.61 Å². The summed E-state index contributed by atoms with van der Waals surface area (Å²) in [7, 11) is -4.61. The molecule has 0 spiro atoms. The zero-order valence-corrected chi connectivity index (χ0v) is 28.4. The smallest absolute Gasteiger partial charge is 0.726 e. The number of rotatable bonds is 28. The van der Waals surface area contributed by atoms with Crippen LogP contribution in [0.15, 0.2) is 12.2 Å². The van der Waals surface area contributed by atoms with E-state index in [1.807, 2.05) is 0 Å². The van der Waals surface area contributed by atoms with Crippen LogP contribution in [0.25, 0.3) is 0 Å². The second-order valence-corrected chi connectivity index (χ2v) is 11.6. The molecule has 0 aliphatic heterocycles. The zero-order chi connectivity index (χ0) is 25.9. The molecule has 0 N–H and O–H groups in total. The van der Waals surface area contributed by atoms with Gasteiger partial charge in [0.1, 0.15) is 0 Å². The van der Waals surface area contributed by atoms with Gasteiger partial charge in [-0.25, -0.2) is 8.42 Å². The van der Waals surface area contributed by atoms with Gasteiger partial charge in [-0.1, -0.05) is 161 Å². The van der Waals surface area contributed by atoms with Crippen molar-refractivity contribution in [1.82, 2.24) is 0 Å². The first-order valence-corrected chi connectivity index (χ1v) is 16.6. The van der Waals surface area contributed by atoms with E-state index in [-0.39, 0.29) is 63.9 Å². The van der Waals surface area contributed by atoms with Gasteiger partial charge >= 0.3 is 51.4 Å². The SMILES string of the molecule is CCCCCCCCCCCCCCC/C=C/C(CCCCCCCCCCC)COS(=O)(=O)[O-].[K+]. The average Bonchev–Trinajstić information content (AvgIpc) is 2.82. The van der Waals surface area contributed by atoms with Gasteiger partial charge in [0.25, 0.3) is 0 Å². The van der Waals surface area contributed by atoms with E-state index in [4.69, 9.17) is 0 Å². The third kappa shape index (κ3) is 33.3. The average molecular weight is 555 g/mol. The van der Waals surface area contributed by atoms with Crippen LogP contribution >= 0.6 is 0 Å². The van der Waals surface area contributed by atoms with Gasteiger partial charge in [-0.05, 0) is 19.3 Å². The minimum Gasteiger partial charge on any atom is -0.726 e. The van der Waals surface area contributed by atoms with E-state index in [0.29, 0.717) is 0 Å². The van der Waals surface area contributed by atoms with Crippen molar-refractivity contribution in [2.24, 2.45) is 5.92 Å². The maximum atomic E-state index is 10.9. The van der Waals surface area contributed by atoms with Crippen molar-refractivity contribution >= 4 is 10.4 Å². The molecule has 4 nitrogen and oxygen atoms in total. The fourth-order valence-corrected chi connectivity index (χ4v) is 5.03. The molecule has 0 aliphatic carbocycles. The molecule has 0 aromatic rings. The first kappa shape index (κ1) is 39.4. The summed E-state index contributed by atoms with van der Waals surface area (Å²) in [5.41, 5.74) is 0. The Morgan fingerprint density at radius 1 is 0.611 bits per heavy atom. The van der Waals surface area contributed by atoms with Crippen LogP contribution in [-0.2, 0) is 14.6 Å². The minimum atomic E-state index is -4.61. The minimum absolute atomic E-state index is 0. The van der Waals surface area contributed by atoms with Gasteiger partial charge in [-0.2, -0.15) is 0 Å². The standard InChI is InChI=1S/C30H60O4S.K/c1-3-5-7-9-11-13-14-15-16-17-18-20-22-24-26-28-30(29-34-35(31,32)33)27-25-23-21-19-12-10-8-6-4-2;/h26,28,30H,3-25,27,29H2,1-2H3,(H,31,32,33);/q;+1/p-1/b28-26+;. The molecule has 0 aromatic heterocycles. The Morgan fingerprint density at radius 2 is 0.972 bits per heavy atom. The van der Waals surface area contributed by atoms with Crippen LogP contribution in [0.4, 0.5) is 0 Å². The van der Waals surface area contributed by atoms with Crippen LogP contribution in [-0.4, -0.2) is 19.6 Å². The number of hydrogen-bond donors (Lipinski definition) is 0. The van der Waals surface area contributed by atoms with Gasteiger partial charge in [0.15, 0.2) is 0 Å². The van der Waals surface area contributed by atoms with Crippen LogP contribution in [0.1, 0.15) is 168 Å². The van der Waals surface area contributed by atoms with Crippen LogP contribution in [0.3, 0.4) is 0 Å². The summed E-state index contributed by atoms with van der Waals surface area (Å²) < 4.78 is 37.2. The molecule has 6 heteroatoms. The third-order valence-corrected chi connectivity index (χ3v) is 7.41. The first-order valence-electron chi connectivity index (χ1n) is 15.3. The quantitative estimate of drug-likeness (QED) is 0.0342. The number of unbranched alkanes of at least 4 members (excludes halogenated alkanes) is 21. The number of allylic oxidation sites excluding steroid dienone is 1. The van der Waals surface area contributed by atoms with Crippen LogP contribution in [0.2, 0.25) is 0 Å². The summed E-state index contributed by atoms with van der Waals surface area (Å²) in [6, 6.07) is 0. The van der Waals surface area contributed by atoms with Gasteiger partial charge < -0.3 is 4.55 Å². The Balaban J connectivity index is 0. The predicted octanol–water partition coefficient (Wildman–Crippen LogP) is 7.04. The van der Waals surface area contributed by atoms with Crippen LogP contribution in [0.5, 0.6) is 0 Å². The molecule has 210 valence electrons. The van der Waals surface area contributed by atoms with E-state index in [1.54, 1.807) is 0 Å².